The first-order valence-corrected chi connectivity index (χ1v) is 34.5. The molecule has 20 rings (SSSR count). The SMILES string of the molecule is C1=CCCC(n2c3ccccc3c3cccc(-c4cccc(-c5cccc(-c6ccccc6)c5Nc5ccccc5)c4N4c5cc(-n6c7ccccc7c7ccccc76)ccc5B5c6ccc(-n7c8ccccc8c8ccccc87)cc6Sc6cc(-c7ccccc7)cc4c65)c32)=C1. The Morgan fingerprint density at radius 3 is 1.46 bits per heavy atom. The van der Waals surface area contributed by atoms with Crippen LogP contribution in [0.1, 0.15) is 12.8 Å². The van der Waals surface area contributed by atoms with Crippen LogP contribution in [0.4, 0.5) is 28.4 Å². The van der Waals surface area contributed by atoms with Crippen molar-refractivity contribution in [2.45, 2.75) is 22.6 Å². The highest BCUT2D eigenvalue weighted by molar-refractivity contribution is 8.00. The lowest BCUT2D eigenvalue weighted by Gasteiger charge is -2.42. The fourth-order valence-corrected chi connectivity index (χ4v) is 17.6. The van der Waals surface area contributed by atoms with Gasteiger partial charge in [-0.25, -0.2) is 0 Å². The summed E-state index contributed by atoms with van der Waals surface area (Å²) in [7, 11) is 0. The van der Waals surface area contributed by atoms with Crippen molar-refractivity contribution in [3.8, 4) is 55.9 Å². The molecule has 5 nitrogen and oxygen atoms in total. The third-order valence-electron chi connectivity index (χ3n) is 20.5. The van der Waals surface area contributed by atoms with E-state index in [2.05, 4.69) is 358 Å². The minimum Gasteiger partial charge on any atom is -0.355 e. The summed E-state index contributed by atoms with van der Waals surface area (Å²) in [6.45, 7) is -0.138. The molecule has 454 valence electrons. The van der Waals surface area contributed by atoms with Gasteiger partial charge in [-0.2, -0.15) is 0 Å². The highest BCUT2D eigenvalue weighted by Crippen LogP contribution is 2.54. The van der Waals surface area contributed by atoms with Gasteiger partial charge in [0.2, 0.25) is 6.71 Å². The number of nitrogens with zero attached hydrogens (tertiary/aromatic N) is 4. The molecule has 97 heavy (non-hydrogen) atoms. The van der Waals surface area contributed by atoms with Gasteiger partial charge in [0.05, 0.1) is 44.5 Å². The quantitative estimate of drug-likeness (QED) is 0.138. The zero-order valence-electron chi connectivity index (χ0n) is 52.9. The molecular formula is C90H60BN5S. The number of hydrogen-bond acceptors (Lipinski definition) is 3. The number of nitrogens with one attached hydrogen (secondary N) is 1. The molecule has 5 heterocycles. The molecular weight excluding hydrogens is 1190 g/mol. The minimum absolute atomic E-state index is 0.138. The summed E-state index contributed by atoms with van der Waals surface area (Å²) in [6.07, 6.45) is 8.78. The molecule has 0 saturated carbocycles. The molecule has 1 N–H and O–H groups in total. The molecule has 0 fully saturated rings. The Balaban J connectivity index is 0.932. The maximum absolute atomic E-state index is 4.09. The molecule has 2 aliphatic heterocycles. The van der Waals surface area contributed by atoms with Gasteiger partial charge >= 0.3 is 0 Å². The second-order valence-electron chi connectivity index (χ2n) is 25.8. The number of aromatic nitrogens is 3. The predicted molar refractivity (Wildman–Crippen MR) is 412 cm³/mol. The summed E-state index contributed by atoms with van der Waals surface area (Å²) in [4.78, 5) is 5.21. The van der Waals surface area contributed by atoms with E-state index in [0.717, 1.165) is 97.2 Å². The minimum atomic E-state index is -0.138. The van der Waals surface area contributed by atoms with Crippen molar-refractivity contribution in [2.24, 2.45) is 0 Å². The zero-order valence-corrected chi connectivity index (χ0v) is 53.8. The summed E-state index contributed by atoms with van der Waals surface area (Å²) in [5.74, 6) is 0. The van der Waals surface area contributed by atoms with Gasteiger partial charge in [-0.05, 0) is 125 Å². The van der Waals surface area contributed by atoms with Crippen molar-refractivity contribution in [3.05, 3.63) is 334 Å². The van der Waals surface area contributed by atoms with E-state index in [1.165, 1.54) is 97.3 Å². The summed E-state index contributed by atoms with van der Waals surface area (Å²) in [5, 5.41) is 11.5. The Kier molecular flexibility index (Phi) is 12.7. The predicted octanol–water partition coefficient (Wildman–Crippen LogP) is 22.4. The monoisotopic (exact) mass is 1250 g/mol. The van der Waals surface area contributed by atoms with Crippen LogP contribution in [0.25, 0.3) is 127 Å². The Hall–Kier alpha value is -12.0. The normalized spacial score (nSPS) is 13.2. The maximum Gasteiger partial charge on any atom is 0.249 e. The summed E-state index contributed by atoms with van der Waals surface area (Å²) in [5.41, 5.74) is 28.9. The summed E-state index contributed by atoms with van der Waals surface area (Å²) < 4.78 is 7.55. The Morgan fingerprint density at radius 2 is 0.845 bits per heavy atom. The van der Waals surface area contributed by atoms with Crippen LogP contribution in [-0.2, 0) is 0 Å². The maximum atomic E-state index is 4.09. The van der Waals surface area contributed by atoms with E-state index < -0.39 is 0 Å². The molecule has 0 saturated heterocycles. The first kappa shape index (κ1) is 55.4. The molecule has 17 aromatic rings. The van der Waals surface area contributed by atoms with Crippen molar-refractivity contribution in [1.82, 2.24) is 13.7 Å². The number of para-hydroxylation sites is 9. The van der Waals surface area contributed by atoms with Crippen molar-refractivity contribution >= 4 is 134 Å². The summed E-state index contributed by atoms with van der Waals surface area (Å²) in [6, 6.07) is 118. The van der Waals surface area contributed by atoms with Gasteiger partial charge in [-0.3, -0.25) is 0 Å². The topological polar surface area (TPSA) is 30.1 Å². The first-order valence-electron chi connectivity index (χ1n) is 33.7. The molecule has 0 unspecified atom stereocenters. The molecule has 14 aromatic carbocycles. The summed E-state index contributed by atoms with van der Waals surface area (Å²) >= 11 is 1.91. The van der Waals surface area contributed by atoms with Crippen molar-refractivity contribution < 1.29 is 0 Å². The van der Waals surface area contributed by atoms with E-state index in [0.29, 0.717) is 0 Å². The lowest BCUT2D eigenvalue weighted by Crippen LogP contribution is -2.60. The fourth-order valence-electron chi connectivity index (χ4n) is 16.4. The highest BCUT2D eigenvalue weighted by atomic mass is 32.2. The second kappa shape index (κ2) is 22.3. The smallest absolute Gasteiger partial charge is 0.249 e. The number of anilines is 5. The van der Waals surface area contributed by atoms with Gasteiger partial charge in [-0.15, -0.1) is 0 Å². The van der Waals surface area contributed by atoms with E-state index in [1.807, 2.05) is 11.8 Å². The van der Waals surface area contributed by atoms with Crippen LogP contribution in [0.2, 0.25) is 0 Å². The first-order chi connectivity index (χ1) is 48.2. The Morgan fingerprint density at radius 1 is 0.351 bits per heavy atom. The molecule has 3 aromatic heterocycles. The van der Waals surface area contributed by atoms with Crippen molar-refractivity contribution in [1.29, 1.82) is 0 Å². The van der Waals surface area contributed by atoms with E-state index in [1.54, 1.807) is 0 Å². The molecule has 1 aliphatic carbocycles. The molecule has 3 aliphatic rings. The van der Waals surface area contributed by atoms with E-state index >= 15 is 0 Å². The van der Waals surface area contributed by atoms with E-state index in [9.17, 15) is 0 Å². The number of benzene rings is 14. The standard InChI is InChI=1S/C90H60BN5S/c1-5-26-58(27-6-1)60-54-84-87-86(55-60)97-85-57-64(94-80-47-20-15-36-68(80)69-37-16-21-48-81(69)94)51-53-77(85)91(87)76-52-50-63(93-78-45-18-13-34-66(78)67-35-14-19-46-79(67)93)56-83(76)96(84)90-73(71-40-23-39-65(59-28-7-2-8-29-59)88(71)92-61-30-9-3-10-31-61)42-25-44-75(90)74-43-24-41-72-70-38-17-22-49-82(70)95(89(72)74)62-32-11-4-12-33-62/h1-11,13-32,34-57,92H,12,33H2. The molecule has 0 spiro atoms. The lowest BCUT2D eigenvalue weighted by atomic mass is 9.34. The molecule has 0 radical (unpaired) electrons. The third-order valence-corrected chi connectivity index (χ3v) is 21.7. The van der Waals surface area contributed by atoms with Crippen molar-refractivity contribution in [2.75, 3.05) is 10.2 Å². The Labute approximate surface area is 566 Å². The van der Waals surface area contributed by atoms with Gasteiger partial charge in [0.25, 0.3) is 0 Å². The molecule has 0 amide bonds. The largest absolute Gasteiger partial charge is 0.355 e. The van der Waals surface area contributed by atoms with Gasteiger partial charge in [0, 0.05) is 104 Å². The van der Waals surface area contributed by atoms with Crippen molar-refractivity contribution in [3.63, 3.8) is 0 Å². The van der Waals surface area contributed by atoms with Crippen LogP contribution in [0.15, 0.2) is 343 Å². The molecule has 7 heteroatoms. The molecule has 0 atom stereocenters. The fraction of sp³-hybridized carbons (Fsp3) is 0.0222. The number of hydrogen-bond donors (Lipinski definition) is 1. The van der Waals surface area contributed by atoms with Crippen LogP contribution >= 0.6 is 11.8 Å². The van der Waals surface area contributed by atoms with Gasteiger partial charge in [0.15, 0.2) is 0 Å². The highest BCUT2D eigenvalue weighted by Gasteiger charge is 2.43. The van der Waals surface area contributed by atoms with Crippen LogP contribution < -0.4 is 26.6 Å². The second-order valence-corrected chi connectivity index (χ2v) is 26.9. The average molecular weight is 1250 g/mol. The molecule has 0 bridgehead atoms. The van der Waals surface area contributed by atoms with E-state index in [-0.39, 0.29) is 6.71 Å². The van der Waals surface area contributed by atoms with Gasteiger partial charge < -0.3 is 23.9 Å². The third kappa shape index (κ3) is 8.68. The zero-order chi connectivity index (χ0) is 63.7. The lowest BCUT2D eigenvalue weighted by molar-refractivity contribution is 0.979. The average Bonchev–Trinajstić information content (AvgIpc) is 0.858. The Bertz CT molecular complexity index is 6050. The van der Waals surface area contributed by atoms with Crippen LogP contribution in [0.5, 0.6) is 0 Å². The van der Waals surface area contributed by atoms with Crippen LogP contribution in [0.3, 0.4) is 0 Å². The van der Waals surface area contributed by atoms with Crippen LogP contribution in [-0.4, -0.2) is 20.4 Å². The van der Waals surface area contributed by atoms with Gasteiger partial charge in [-0.1, -0.05) is 266 Å². The van der Waals surface area contributed by atoms with E-state index in [4.69, 9.17) is 0 Å². The van der Waals surface area contributed by atoms with Gasteiger partial charge in [0.1, 0.15) is 0 Å². The van der Waals surface area contributed by atoms with Crippen LogP contribution in [0, 0.1) is 0 Å². The number of rotatable bonds is 10. The number of fused-ring (bicyclic) bond motifs is 13. The number of allylic oxidation sites excluding steroid dienone is 4.